The molecule has 0 radical (unpaired) electrons. The predicted molar refractivity (Wildman–Crippen MR) is 145 cm³/mol. The van der Waals surface area contributed by atoms with Crippen LogP contribution in [0.3, 0.4) is 0 Å². The van der Waals surface area contributed by atoms with Gasteiger partial charge in [0.1, 0.15) is 11.9 Å². The molecule has 1 saturated heterocycles. The van der Waals surface area contributed by atoms with Crippen LogP contribution in [0.15, 0.2) is 58.3 Å². The van der Waals surface area contributed by atoms with Gasteiger partial charge >= 0.3 is 0 Å². The van der Waals surface area contributed by atoms with E-state index in [2.05, 4.69) is 10.1 Å². The van der Waals surface area contributed by atoms with E-state index in [1.54, 1.807) is 48.7 Å². The van der Waals surface area contributed by atoms with E-state index in [1.807, 2.05) is 12.3 Å². The standard InChI is InChI=1S/C29H26ClFN4O4/c1-16-17(2)32-28-23(22-5-4-21(30)10-24(22)31)11-25(33-35(28)29(16)37)19-7-8-39-26(9-19)20-3-6-27(36)34(13-20)12-18-14-38-15-18/h3-6,9-11,13,18,26H,7-8,12,14-15H2,1-2H3. The molecular formula is C29H26ClFN4O4. The molecule has 8 nitrogen and oxygen atoms in total. The second-order valence-corrected chi connectivity index (χ2v) is 10.5. The Morgan fingerprint density at radius 1 is 1.10 bits per heavy atom. The predicted octanol–water partition coefficient (Wildman–Crippen LogP) is 4.52. The van der Waals surface area contributed by atoms with Crippen molar-refractivity contribution in [3.05, 3.63) is 103 Å². The van der Waals surface area contributed by atoms with E-state index in [9.17, 15) is 9.59 Å². The van der Waals surface area contributed by atoms with Crippen LogP contribution < -0.4 is 11.1 Å². The van der Waals surface area contributed by atoms with Crippen LogP contribution in [0.1, 0.15) is 35.0 Å². The van der Waals surface area contributed by atoms with Gasteiger partial charge in [-0.25, -0.2) is 9.37 Å². The maximum atomic E-state index is 15.1. The Hall–Kier alpha value is -3.66. The SMILES string of the molecule is Cc1nc2c(-c3ccc(Cl)cc3F)cc(C3=CC(c4ccc(=O)n(CC5COC5)c4)OCC3)nn2c(=O)c1C. The lowest BCUT2D eigenvalue weighted by Gasteiger charge is -2.27. The van der Waals surface area contributed by atoms with Crippen LogP contribution in [-0.4, -0.2) is 39.0 Å². The number of hydrogen-bond donors (Lipinski definition) is 0. The average Bonchev–Trinajstić information content (AvgIpc) is 2.90. The Kier molecular flexibility index (Phi) is 6.66. The third kappa shape index (κ3) is 4.82. The maximum Gasteiger partial charge on any atom is 0.277 e. The Labute approximate surface area is 228 Å². The number of hydrogen-bond acceptors (Lipinski definition) is 6. The molecule has 6 rings (SSSR count). The molecule has 10 heteroatoms. The summed E-state index contributed by atoms with van der Waals surface area (Å²) in [5.41, 5.74) is 3.82. The van der Waals surface area contributed by atoms with Crippen molar-refractivity contribution >= 4 is 22.8 Å². The number of pyridine rings is 1. The molecule has 200 valence electrons. The second-order valence-electron chi connectivity index (χ2n) is 10.0. The summed E-state index contributed by atoms with van der Waals surface area (Å²) in [6.07, 6.45) is 3.90. The van der Waals surface area contributed by atoms with Gasteiger partial charge < -0.3 is 14.0 Å². The molecule has 1 aromatic carbocycles. The van der Waals surface area contributed by atoms with E-state index in [0.717, 1.165) is 11.1 Å². The lowest BCUT2D eigenvalue weighted by Crippen LogP contribution is -2.35. The number of aryl methyl sites for hydroxylation is 1. The Bertz CT molecular complexity index is 1760. The number of fused-ring (bicyclic) bond motifs is 1. The van der Waals surface area contributed by atoms with Gasteiger partial charge in [0.2, 0.25) is 0 Å². The van der Waals surface area contributed by atoms with Crippen molar-refractivity contribution in [1.29, 1.82) is 0 Å². The highest BCUT2D eigenvalue weighted by Gasteiger charge is 2.24. The highest BCUT2D eigenvalue weighted by atomic mass is 35.5. The normalized spacial score (nSPS) is 17.7. The van der Waals surface area contributed by atoms with Crippen molar-refractivity contribution < 1.29 is 13.9 Å². The molecule has 4 aromatic rings. The van der Waals surface area contributed by atoms with Crippen LogP contribution in [0.5, 0.6) is 0 Å². The minimum atomic E-state index is -0.521. The van der Waals surface area contributed by atoms with E-state index in [-0.39, 0.29) is 27.4 Å². The highest BCUT2D eigenvalue weighted by molar-refractivity contribution is 6.30. The van der Waals surface area contributed by atoms with Crippen LogP contribution in [0.2, 0.25) is 5.02 Å². The summed E-state index contributed by atoms with van der Waals surface area (Å²) in [4.78, 5) is 30.3. The zero-order chi connectivity index (χ0) is 27.3. The average molecular weight is 549 g/mol. The van der Waals surface area contributed by atoms with Gasteiger partial charge in [0, 0.05) is 57.7 Å². The van der Waals surface area contributed by atoms with Crippen molar-refractivity contribution in [2.75, 3.05) is 19.8 Å². The van der Waals surface area contributed by atoms with Crippen LogP contribution in [0, 0.1) is 25.6 Å². The summed E-state index contributed by atoms with van der Waals surface area (Å²) in [7, 11) is 0. The number of halogens is 2. The topological polar surface area (TPSA) is 87.7 Å². The van der Waals surface area contributed by atoms with Crippen molar-refractivity contribution in [1.82, 2.24) is 19.2 Å². The third-order valence-corrected chi connectivity index (χ3v) is 7.56. The van der Waals surface area contributed by atoms with Crippen molar-refractivity contribution in [2.24, 2.45) is 5.92 Å². The van der Waals surface area contributed by atoms with Crippen molar-refractivity contribution in [3.63, 3.8) is 0 Å². The van der Waals surface area contributed by atoms with Gasteiger partial charge in [-0.05, 0) is 62.2 Å². The minimum Gasteiger partial charge on any atom is -0.381 e. The van der Waals surface area contributed by atoms with Crippen LogP contribution >= 0.6 is 11.6 Å². The second kappa shape index (κ2) is 10.1. The molecule has 0 bridgehead atoms. The van der Waals surface area contributed by atoms with E-state index in [0.29, 0.717) is 61.2 Å². The van der Waals surface area contributed by atoms with Crippen LogP contribution in [0.4, 0.5) is 4.39 Å². The molecule has 0 aliphatic carbocycles. The Morgan fingerprint density at radius 3 is 2.67 bits per heavy atom. The number of benzene rings is 1. The van der Waals surface area contributed by atoms with E-state index in [1.165, 1.54) is 10.6 Å². The van der Waals surface area contributed by atoms with Gasteiger partial charge in [0.25, 0.3) is 11.1 Å². The van der Waals surface area contributed by atoms with E-state index < -0.39 is 11.9 Å². The summed E-state index contributed by atoms with van der Waals surface area (Å²) in [6.45, 7) is 5.75. The smallest absolute Gasteiger partial charge is 0.277 e. The molecular weight excluding hydrogens is 523 g/mol. The van der Waals surface area contributed by atoms with E-state index >= 15 is 4.39 Å². The fraction of sp³-hybridized carbons (Fsp3) is 0.310. The van der Waals surface area contributed by atoms with Gasteiger partial charge in [-0.3, -0.25) is 9.59 Å². The molecule has 2 aliphatic rings. The fourth-order valence-corrected chi connectivity index (χ4v) is 5.07. The van der Waals surface area contributed by atoms with Gasteiger partial charge in [0.15, 0.2) is 5.65 Å². The minimum absolute atomic E-state index is 0.0750. The third-order valence-electron chi connectivity index (χ3n) is 7.33. The molecule has 0 saturated carbocycles. The first-order valence-electron chi connectivity index (χ1n) is 12.8. The first-order valence-corrected chi connectivity index (χ1v) is 13.1. The van der Waals surface area contributed by atoms with Crippen molar-refractivity contribution in [2.45, 2.75) is 32.9 Å². The molecule has 2 aliphatic heterocycles. The molecule has 0 spiro atoms. The summed E-state index contributed by atoms with van der Waals surface area (Å²) in [5, 5.41) is 4.92. The van der Waals surface area contributed by atoms with Crippen LogP contribution in [0.25, 0.3) is 22.3 Å². The highest BCUT2D eigenvalue weighted by Crippen LogP contribution is 2.34. The molecule has 0 amide bonds. The summed E-state index contributed by atoms with van der Waals surface area (Å²) < 4.78 is 29.3. The number of nitrogens with zero attached hydrogens (tertiary/aromatic N) is 4. The molecule has 1 atom stereocenters. The first kappa shape index (κ1) is 25.6. The first-order chi connectivity index (χ1) is 18.8. The lowest BCUT2D eigenvalue weighted by molar-refractivity contribution is -0.0398. The van der Waals surface area contributed by atoms with Gasteiger partial charge in [-0.15, -0.1) is 0 Å². The van der Waals surface area contributed by atoms with Crippen LogP contribution in [-0.2, 0) is 16.0 Å². The van der Waals surface area contributed by atoms with Gasteiger partial charge in [0.05, 0.1) is 25.5 Å². The summed E-state index contributed by atoms with van der Waals surface area (Å²) >= 11 is 6.01. The molecule has 39 heavy (non-hydrogen) atoms. The van der Waals surface area contributed by atoms with E-state index in [4.69, 9.17) is 21.1 Å². The lowest BCUT2D eigenvalue weighted by atomic mass is 9.98. The Balaban J connectivity index is 1.47. The molecule has 3 aromatic heterocycles. The number of aromatic nitrogens is 4. The zero-order valence-corrected chi connectivity index (χ0v) is 22.2. The fourth-order valence-electron chi connectivity index (χ4n) is 4.91. The van der Waals surface area contributed by atoms with Crippen molar-refractivity contribution in [3.8, 4) is 11.1 Å². The maximum absolute atomic E-state index is 15.1. The largest absolute Gasteiger partial charge is 0.381 e. The summed E-state index contributed by atoms with van der Waals surface area (Å²) in [5.74, 6) is -0.198. The Morgan fingerprint density at radius 2 is 1.92 bits per heavy atom. The van der Waals surface area contributed by atoms with Gasteiger partial charge in [-0.2, -0.15) is 9.61 Å². The summed E-state index contributed by atoms with van der Waals surface area (Å²) in [6, 6.07) is 9.49. The van der Waals surface area contributed by atoms with Gasteiger partial charge in [-0.1, -0.05) is 11.6 Å². The number of ether oxygens (including phenoxy) is 2. The zero-order valence-electron chi connectivity index (χ0n) is 21.5. The molecule has 5 heterocycles. The molecule has 1 unspecified atom stereocenters. The quantitative estimate of drug-likeness (QED) is 0.364. The molecule has 0 N–H and O–H groups in total. The number of rotatable bonds is 5. The monoisotopic (exact) mass is 548 g/mol. The molecule has 1 fully saturated rings.